The molecular formula is C22H26FN3O2. The number of H-pyrrole nitrogens is 1. The lowest BCUT2D eigenvalue weighted by Gasteiger charge is -2.22. The number of nitrogens with zero attached hydrogens (tertiary/aromatic N) is 1. The van der Waals surface area contributed by atoms with Gasteiger partial charge in [0.25, 0.3) is 0 Å². The SMILES string of the molecule is CC(CCc1cccc2c(-c3ccc(F)cc3)n[nH]c12)OC(=O)NC(C)(C)C. The fourth-order valence-corrected chi connectivity index (χ4v) is 3.07. The van der Waals surface area contributed by atoms with Crippen molar-refractivity contribution in [2.75, 3.05) is 0 Å². The van der Waals surface area contributed by atoms with Crippen molar-refractivity contribution in [2.45, 2.75) is 52.2 Å². The van der Waals surface area contributed by atoms with Gasteiger partial charge in [-0.1, -0.05) is 18.2 Å². The van der Waals surface area contributed by atoms with Crippen LogP contribution in [0.5, 0.6) is 0 Å². The molecule has 0 radical (unpaired) electrons. The van der Waals surface area contributed by atoms with E-state index in [1.54, 1.807) is 12.1 Å². The average Bonchev–Trinajstić information content (AvgIpc) is 3.03. The Morgan fingerprint density at radius 2 is 1.93 bits per heavy atom. The lowest BCUT2D eigenvalue weighted by Crippen LogP contribution is -2.42. The molecule has 1 aromatic heterocycles. The van der Waals surface area contributed by atoms with Gasteiger partial charge in [0, 0.05) is 16.5 Å². The van der Waals surface area contributed by atoms with E-state index < -0.39 is 6.09 Å². The van der Waals surface area contributed by atoms with E-state index in [-0.39, 0.29) is 17.5 Å². The Balaban J connectivity index is 1.71. The molecule has 1 unspecified atom stereocenters. The molecule has 0 bridgehead atoms. The molecule has 5 nitrogen and oxygen atoms in total. The Morgan fingerprint density at radius 3 is 2.61 bits per heavy atom. The molecule has 0 saturated carbocycles. The van der Waals surface area contributed by atoms with Gasteiger partial charge in [-0.2, -0.15) is 5.10 Å². The van der Waals surface area contributed by atoms with Crippen LogP contribution in [-0.4, -0.2) is 27.9 Å². The highest BCUT2D eigenvalue weighted by atomic mass is 19.1. The first-order valence-corrected chi connectivity index (χ1v) is 9.43. The Labute approximate surface area is 164 Å². The van der Waals surface area contributed by atoms with Gasteiger partial charge in [0.1, 0.15) is 11.9 Å². The number of hydrogen-bond donors (Lipinski definition) is 2. The summed E-state index contributed by atoms with van der Waals surface area (Å²) in [5, 5.41) is 11.3. The summed E-state index contributed by atoms with van der Waals surface area (Å²) in [4.78, 5) is 11.9. The topological polar surface area (TPSA) is 67.0 Å². The first kappa shape index (κ1) is 19.9. The molecule has 1 amide bonds. The molecule has 0 aliphatic rings. The number of aryl methyl sites for hydroxylation is 1. The second kappa shape index (κ2) is 8.00. The van der Waals surface area contributed by atoms with Crippen LogP contribution in [0, 0.1) is 5.82 Å². The van der Waals surface area contributed by atoms with Gasteiger partial charge in [0.05, 0.1) is 11.2 Å². The Hall–Kier alpha value is -2.89. The summed E-state index contributed by atoms with van der Waals surface area (Å²) in [5.74, 6) is -0.270. The zero-order chi connectivity index (χ0) is 20.3. The summed E-state index contributed by atoms with van der Waals surface area (Å²) in [6.07, 6.45) is 0.823. The standard InChI is InChI=1S/C22H26FN3O2/c1-14(28-21(27)24-22(2,3)4)8-9-15-6-5-7-18-19(15)25-26-20(18)16-10-12-17(23)13-11-16/h5-7,10-14H,8-9H2,1-4H3,(H,24,27)(H,25,26). The van der Waals surface area contributed by atoms with E-state index in [0.29, 0.717) is 6.42 Å². The van der Waals surface area contributed by atoms with Crippen molar-refractivity contribution in [3.63, 3.8) is 0 Å². The monoisotopic (exact) mass is 383 g/mol. The highest BCUT2D eigenvalue weighted by molar-refractivity contribution is 5.94. The number of carbonyl (C=O) groups excluding carboxylic acids is 1. The summed E-state index contributed by atoms with van der Waals surface area (Å²) < 4.78 is 18.6. The van der Waals surface area contributed by atoms with Gasteiger partial charge < -0.3 is 10.1 Å². The number of carbonyl (C=O) groups is 1. The summed E-state index contributed by atoms with van der Waals surface area (Å²) in [7, 11) is 0. The molecule has 0 fully saturated rings. The van der Waals surface area contributed by atoms with Crippen molar-refractivity contribution in [1.82, 2.24) is 15.5 Å². The van der Waals surface area contributed by atoms with E-state index in [1.165, 1.54) is 12.1 Å². The van der Waals surface area contributed by atoms with Gasteiger partial charge in [0.2, 0.25) is 0 Å². The summed E-state index contributed by atoms with van der Waals surface area (Å²) in [6, 6.07) is 12.3. The number of rotatable bonds is 5. The van der Waals surface area contributed by atoms with Gasteiger partial charge in [0.15, 0.2) is 0 Å². The third-order valence-electron chi connectivity index (χ3n) is 4.41. The predicted molar refractivity (Wildman–Crippen MR) is 109 cm³/mol. The molecule has 3 rings (SSSR count). The molecule has 1 heterocycles. The number of amides is 1. The van der Waals surface area contributed by atoms with Gasteiger partial charge in [-0.05, 0) is 70.4 Å². The molecule has 28 heavy (non-hydrogen) atoms. The Morgan fingerprint density at radius 1 is 1.21 bits per heavy atom. The largest absolute Gasteiger partial charge is 0.447 e. The number of ether oxygens (including phenoxy) is 1. The maximum absolute atomic E-state index is 13.2. The van der Waals surface area contributed by atoms with Gasteiger partial charge in [-0.25, -0.2) is 9.18 Å². The summed E-state index contributed by atoms with van der Waals surface area (Å²) in [5.41, 5.74) is 3.39. The van der Waals surface area contributed by atoms with Crippen LogP contribution in [-0.2, 0) is 11.2 Å². The number of nitrogens with one attached hydrogen (secondary N) is 2. The number of fused-ring (bicyclic) bond motifs is 1. The van der Waals surface area contributed by atoms with Crippen LogP contribution in [0.4, 0.5) is 9.18 Å². The number of halogens is 1. The van der Waals surface area contributed by atoms with Crippen LogP contribution in [0.1, 0.15) is 39.7 Å². The third kappa shape index (κ3) is 4.88. The quantitative estimate of drug-likeness (QED) is 0.635. The van der Waals surface area contributed by atoms with Crippen LogP contribution in [0.25, 0.3) is 22.2 Å². The molecular weight excluding hydrogens is 357 g/mol. The molecule has 2 N–H and O–H groups in total. The predicted octanol–water partition coefficient (Wildman–Crippen LogP) is 5.21. The minimum absolute atomic E-state index is 0.211. The van der Waals surface area contributed by atoms with Gasteiger partial charge >= 0.3 is 6.09 Å². The fourth-order valence-electron chi connectivity index (χ4n) is 3.07. The van der Waals surface area contributed by atoms with Crippen molar-refractivity contribution in [2.24, 2.45) is 0 Å². The molecule has 0 saturated heterocycles. The minimum Gasteiger partial charge on any atom is -0.447 e. The van der Waals surface area contributed by atoms with E-state index in [0.717, 1.165) is 34.1 Å². The number of para-hydroxylation sites is 1. The van der Waals surface area contributed by atoms with Crippen molar-refractivity contribution in [3.05, 3.63) is 53.8 Å². The van der Waals surface area contributed by atoms with Crippen LogP contribution in [0.2, 0.25) is 0 Å². The zero-order valence-electron chi connectivity index (χ0n) is 16.7. The van der Waals surface area contributed by atoms with Crippen LogP contribution < -0.4 is 5.32 Å². The second-order valence-electron chi connectivity index (χ2n) is 8.05. The first-order valence-electron chi connectivity index (χ1n) is 9.43. The number of hydrogen-bond acceptors (Lipinski definition) is 3. The van der Waals surface area contributed by atoms with Crippen molar-refractivity contribution in [1.29, 1.82) is 0 Å². The normalized spacial score (nSPS) is 12.8. The number of benzene rings is 2. The van der Waals surface area contributed by atoms with E-state index in [2.05, 4.69) is 15.5 Å². The Kier molecular flexibility index (Phi) is 5.68. The molecule has 0 spiro atoms. The first-order chi connectivity index (χ1) is 13.2. The van der Waals surface area contributed by atoms with E-state index in [4.69, 9.17) is 4.74 Å². The maximum Gasteiger partial charge on any atom is 0.407 e. The van der Waals surface area contributed by atoms with Crippen molar-refractivity contribution in [3.8, 4) is 11.3 Å². The van der Waals surface area contributed by atoms with Gasteiger partial charge in [-0.3, -0.25) is 5.10 Å². The van der Waals surface area contributed by atoms with Gasteiger partial charge in [-0.15, -0.1) is 0 Å². The Bertz CT molecular complexity index is 958. The summed E-state index contributed by atoms with van der Waals surface area (Å²) >= 11 is 0. The molecule has 148 valence electrons. The zero-order valence-corrected chi connectivity index (χ0v) is 16.7. The fraction of sp³-hybridized carbons (Fsp3) is 0.364. The molecule has 2 aromatic carbocycles. The highest BCUT2D eigenvalue weighted by Crippen LogP contribution is 2.29. The molecule has 1 atom stereocenters. The third-order valence-corrected chi connectivity index (χ3v) is 4.41. The van der Waals surface area contributed by atoms with E-state index >= 15 is 0 Å². The van der Waals surface area contributed by atoms with Crippen molar-refractivity contribution >= 4 is 17.0 Å². The summed E-state index contributed by atoms with van der Waals surface area (Å²) in [6.45, 7) is 7.63. The molecule has 0 aliphatic carbocycles. The van der Waals surface area contributed by atoms with E-state index in [1.807, 2.05) is 45.9 Å². The molecule has 0 aliphatic heterocycles. The second-order valence-corrected chi connectivity index (χ2v) is 8.05. The molecule has 6 heteroatoms. The highest BCUT2D eigenvalue weighted by Gasteiger charge is 2.17. The molecule has 3 aromatic rings. The number of alkyl carbamates (subject to hydrolysis) is 1. The van der Waals surface area contributed by atoms with Crippen LogP contribution >= 0.6 is 0 Å². The smallest absolute Gasteiger partial charge is 0.407 e. The number of aromatic amines is 1. The van der Waals surface area contributed by atoms with Crippen molar-refractivity contribution < 1.29 is 13.9 Å². The lowest BCUT2D eigenvalue weighted by molar-refractivity contribution is 0.0958. The maximum atomic E-state index is 13.2. The van der Waals surface area contributed by atoms with Crippen LogP contribution in [0.3, 0.4) is 0 Å². The number of aromatic nitrogens is 2. The van der Waals surface area contributed by atoms with E-state index in [9.17, 15) is 9.18 Å². The lowest BCUT2D eigenvalue weighted by atomic mass is 10.0. The van der Waals surface area contributed by atoms with Crippen LogP contribution in [0.15, 0.2) is 42.5 Å². The average molecular weight is 383 g/mol. The minimum atomic E-state index is -0.404.